The van der Waals surface area contributed by atoms with Gasteiger partial charge < -0.3 is 10.2 Å². The van der Waals surface area contributed by atoms with Crippen LogP contribution in [0.4, 0.5) is 17.5 Å². The summed E-state index contributed by atoms with van der Waals surface area (Å²) in [5, 5.41) is 3.35. The second-order valence-corrected chi connectivity index (χ2v) is 5.97. The molecule has 1 aromatic heterocycles. The fraction of sp³-hybridized carbons (Fsp3) is 0.200. The maximum atomic E-state index is 4.65. The molecule has 0 saturated heterocycles. The standard InChI is InChI=1S/C20H22N4/c1-15-8-7-9-16(2)19(15)23-20-21-13-12-18(22-20)24(3)14-17-10-5-4-6-11-17/h4-13H,14H2,1-3H3,(H,21,22,23). The Morgan fingerprint density at radius 3 is 2.33 bits per heavy atom. The van der Waals surface area contributed by atoms with Gasteiger partial charge in [0.2, 0.25) is 5.95 Å². The van der Waals surface area contributed by atoms with E-state index in [1.807, 2.05) is 19.2 Å². The normalized spacial score (nSPS) is 10.5. The molecule has 3 aromatic rings. The van der Waals surface area contributed by atoms with Crippen LogP contribution in [0, 0.1) is 13.8 Å². The van der Waals surface area contributed by atoms with E-state index >= 15 is 0 Å². The van der Waals surface area contributed by atoms with Crippen LogP contribution >= 0.6 is 0 Å². The zero-order chi connectivity index (χ0) is 16.9. The molecule has 3 rings (SSSR count). The van der Waals surface area contributed by atoms with E-state index in [-0.39, 0.29) is 0 Å². The number of nitrogens with one attached hydrogen (secondary N) is 1. The van der Waals surface area contributed by atoms with E-state index in [1.165, 1.54) is 16.7 Å². The Bertz CT molecular complexity index is 795. The smallest absolute Gasteiger partial charge is 0.229 e. The molecule has 0 amide bonds. The van der Waals surface area contributed by atoms with Crippen LogP contribution in [0.5, 0.6) is 0 Å². The highest BCUT2D eigenvalue weighted by Crippen LogP contribution is 2.23. The maximum Gasteiger partial charge on any atom is 0.229 e. The van der Waals surface area contributed by atoms with Crippen molar-refractivity contribution >= 4 is 17.5 Å². The molecule has 0 aliphatic rings. The number of para-hydroxylation sites is 1. The summed E-state index contributed by atoms with van der Waals surface area (Å²) < 4.78 is 0. The molecule has 0 saturated carbocycles. The van der Waals surface area contributed by atoms with E-state index in [1.54, 1.807) is 6.20 Å². The molecular formula is C20H22N4. The summed E-state index contributed by atoms with van der Waals surface area (Å²) in [4.78, 5) is 11.1. The maximum absolute atomic E-state index is 4.65. The third kappa shape index (κ3) is 3.71. The molecule has 0 aliphatic carbocycles. The van der Waals surface area contributed by atoms with Gasteiger partial charge in [-0.2, -0.15) is 4.98 Å². The van der Waals surface area contributed by atoms with E-state index in [0.717, 1.165) is 18.1 Å². The largest absolute Gasteiger partial charge is 0.355 e. The molecule has 0 fully saturated rings. The van der Waals surface area contributed by atoms with Crippen molar-refractivity contribution in [3.05, 3.63) is 77.5 Å². The summed E-state index contributed by atoms with van der Waals surface area (Å²) in [5.74, 6) is 1.51. The predicted octanol–water partition coefficient (Wildman–Crippen LogP) is 4.47. The van der Waals surface area contributed by atoms with Crippen molar-refractivity contribution in [3.8, 4) is 0 Å². The summed E-state index contributed by atoms with van der Waals surface area (Å²) in [6.07, 6.45) is 1.79. The van der Waals surface area contributed by atoms with Gasteiger partial charge in [0.25, 0.3) is 0 Å². The molecule has 4 heteroatoms. The predicted molar refractivity (Wildman–Crippen MR) is 99.8 cm³/mol. The Morgan fingerprint density at radius 2 is 1.62 bits per heavy atom. The second-order valence-electron chi connectivity index (χ2n) is 5.97. The first-order valence-electron chi connectivity index (χ1n) is 8.05. The van der Waals surface area contributed by atoms with Crippen LogP contribution in [0.15, 0.2) is 60.8 Å². The fourth-order valence-electron chi connectivity index (χ4n) is 2.68. The summed E-state index contributed by atoms with van der Waals surface area (Å²) >= 11 is 0. The third-order valence-corrected chi connectivity index (χ3v) is 4.01. The van der Waals surface area contributed by atoms with Crippen LogP contribution in [-0.2, 0) is 6.54 Å². The lowest BCUT2D eigenvalue weighted by Crippen LogP contribution is -2.18. The van der Waals surface area contributed by atoms with Crippen LogP contribution in [0.1, 0.15) is 16.7 Å². The van der Waals surface area contributed by atoms with E-state index in [9.17, 15) is 0 Å². The molecule has 24 heavy (non-hydrogen) atoms. The number of aromatic nitrogens is 2. The van der Waals surface area contributed by atoms with Gasteiger partial charge in [-0.05, 0) is 36.6 Å². The second kappa shape index (κ2) is 7.13. The molecule has 0 spiro atoms. The van der Waals surface area contributed by atoms with Crippen molar-refractivity contribution in [3.63, 3.8) is 0 Å². The van der Waals surface area contributed by atoms with Crippen LogP contribution in [0.3, 0.4) is 0 Å². The Hall–Kier alpha value is -2.88. The van der Waals surface area contributed by atoms with Gasteiger partial charge in [-0.15, -0.1) is 0 Å². The van der Waals surface area contributed by atoms with Gasteiger partial charge >= 0.3 is 0 Å². The molecule has 1 heterocycles. The SMILES string of the molecule is Cc1cccc(C)c1Nc1nccc(N(C)Cc2ccccc2)n1. The third-order valence-electron chi connectivity index (χ3n) is 4.01. The van der Waals surface area contributed by atoms with Crippen molar-refractivity contribution in [2.24, 2.45) is 0 Å². The zero-order valence-electron chi connectivity index (χ0n) is 14.3. The Morgan fingerprint density at radius 1 is 0.917 bits per heavy atom. The monoisotopic (exact) mass is 318 g/mol. The highest BCUT2D eigenvalue weighted by molar-refractivity contribution is 5.63. The number of anilines is 3. The first kappa shape index (κ1) is 16.0. The quantitative estimate of drug-likeness (QED) is 0.753. The number of hydrogen-bond acceptors (Lipinski definition) is 4. The fourth-order valence-corrected chi connectivity index (χ4v) is 2.68. The number of aryl methyl sites for hydroxylation is 2. The van der Waals surface area contributed by atoms with Crippen molar-refractivity contribution in [2.75, 3.05) is 17.3 Å². The van der Waals surface area contributed by atoms with Crippen molar-refractivity contribution in [1.29, 1.82) is 0 Å². The molecular weight excluding hydrogens is 296 g/mol. The lowest BCUT2D eigenvalue weighted by atomic mass is 10.1. The molecule has 122 valence electrons. The van der Waals surface area contributed by atoms with E-state index in [4.69, 9.17) is 0 Å². The van der Waals surface area contributed by atoms with Gasteiger partial charge in [0, 0.05) is 25.5 Å². The van der Waals surface area contributed by atoms with Gasteiger partial charge in [0.1, 0.15) is 5.82 Å². The molecule has 1 N–H and O–H groups in total. The Kier molecular flexibility index (Phi) is 4.75. The van der Waals surface area contributed by atoms with Gasteiger partial charge in [-0.1, -0.05) is 48.5 Å². The van der Waals surface area contributed by atoms with Crippen molar-refractivity contribution in [1.82, 2.24) is 9.97 Å². The number of hydrogen-bond donors (Lipinski definition) is 1. The summed E-state index contributed by atoms with van der Waals surface area (Å²) in [6.45, 7) is 4.97. The lowest BCUT2D eigenvalue weighted by molar-refractivity contribution is 0.893. The Balaban J connectivity index is 1.79. The number of nitrogens with zero attached hydrogens (tertiary/aromatic N) is 3. The highest BCUT2D eigenvalue weighted by Gasteiger charge is 2.08. The molecule has 0 aliphatic heterocycles. The van der Waals surface area contributed by atoms with Crippen LogP contribution in [0.25, 0.3) is 0 Å². The minimum atomic E-state index is 0.616. The zero-order valence-corrected chi connectivity index (χ0v) is 14.3. The minimum absolute atomic E-state index is 0.616. The molecule has 0 bridgehead atoms. The molecule has 0 unspecified atom stereocenters. The lowest BCUT2D eigenvalue weighted by Gasteiger charge is -2.19. The first-order valence-corrected chi connectivity index (χ1v) is 8.05. The molecule has 0 atom stereocenters. The summed E-state index contributed by atoms with van der Waals surface area (Å²) in [6, 6.07) is 18.5. The average molecular weight is 318 g/mol. The van der Waals surface area contributed by atoms with E-state index in [2.05, 4.69) is 76.5 Å². The number of rotatable bonds is 5. The molecule has 0 radical (unpaired) electrons. The topological polar surface area (TPSA) is 41.1 Å². The van der Waals surface area contributed by atoms with Gasteiger partial charge in [-0.25, -0.2) is 4.98 Å². The Labute approximate surface area is 143 Å². The summed E-state index contributed by atoms with van der Waals surface area (Å²) in [5.41, 5.74) is 4.69. The average Bonchev–Trinajstić information content (AvgIpc) is 2.59. The van der Waals surface area contributed by atoms with Gasteiger partial charge in [0.15, 0.2) is 0 Å². The number of benzene rings is 2. The van der Waals surface area contributed by atoms with Gasteiger partial charge in [0.05, 0.1) is 0 Å². The van der Waals surface area contributed by atoms with E-state index in [0.29, 0.717) is 5.95 Å². The summed E-state index contributed by atoms with van der Waals surface area (Å²) in [7, 11) is 2.04. The minimum Gasteiger partial charge on any atom is -0.355 e. The van der Waals surface area contributed by atoms with Crippen molar-refractivity contribution < 1.29 is 0 Å². The van der Waals surface area contributed by atoms with E-state index < -0.39 is 0 Å². The first-order chi connectivity index (χ1) is 11.6. The van der Waals surface area contributed by atoms with Crippen LogP contribution < -0.4 is 10.2 Å². The molecule has 2 aromatic carbocycles. The highest BCUT2D eigenvalue weighted by atomic mass is 15.2. The van der Waals surface area contributed by atoms with Crippen LogP contribution in [-0.4, -0.2) is 17.0 Å². The van der Waals surface area contributed by atoms with Gasteiger partial charge in [-0.3, -0.25) is 0 Å². The molecule has 4 nitrogen and oxygen atoms in total. The van der Waals surface area contributed by atoms with Crippen molar-refractivity contribution in [2.45, 2.75) is 20.4 Å². The van der Waals surface area contributed by atoms with Crippen LogP contribution in [0.2, 0.25) is 0 Å².